The van der Waals surface area contributed by atoms with Crippen molar-refractivity contribution in [1.29, 1.82) is 0 Å². The molecule has 0 aliphatic carbocycles. The van der Waals surface area contributed by atoms with Crippen molar-refractivity contribution < 1.29 is 13.5 Å². The Bertz CT molecular complexity index is 844. The van der Waals surface area contributed by atoms with E-state index in [4.69, 9.17) is 4.74 Å². The van der Waals surface area contributed by atoms with E-state index in [1.165, 1.54) is 12.1 Å². The molecule has 1 unspecified atom stereocenters. The van der Waals surface area contributed by atoms with Gasteiger partial charge in [-0.15, -0.1) is 24.0 Å². The van der Waals surface area contributed by atoms with Crippen LogP contribution in [-0.2, 0) is 11.3 Å². The molecule has 2 aromatic rings. The van der Waals surface area contributed by atoms with Crippen molar-refractivity contribution in [2.24, 2.45) is 4.99 Å². The molecule has 1 fully saturated rings. The van der Waals surface area contributed by atoms with Gasteiger partial charge < -0.3 is 15.4 Å². The number of guanidine groups is 1. The van der Waals surface area contributed by atoms with Crippen LogP contribution in [0, 0.1) is 18.6 Å². The number of ether oxygens (including phenoxy) is 1. The fourth-order valence-electron chi connectivity index (χ4n) is 3.41. The highest BCUT2D eigenvalue weighted by Gasteiger charge is 2.23. The Morgan fingerprint density at radius 2 is 1.90 bits per heavy atom. The first-order chi connectivity index (χ1) is 14.1. The summed E-state index contributed by atoms with van der Waals surface area (Å²) in [5.74, 6) is 0.149. The van der Waals surface area contributed by atoms with Gasteiger partial charge in [-0.2, -0.15) is 0 Å². The number of hydrogen-bond donors (Lipinski definition) is 2. The van der Waals surface area contributed by atoms with Gasteiger partial charge in [0.05, 0.1) is 19.3 Å². The number of nitrogens with one attached hydrogen (secondary N) is 2. The minimum Gasteiger partial charge on any atom is -0.379 e. The molecule has 0 spiro atoms. The van der Waals surface area contributed by atoms with E-state index in [9.17, 15) is 8.78 Å². The second-order valence-corrected chi connectivity index (χ2v) is 7.11. The highest BCUT2D eigenvalue weighted by molar-refractivity contribution is 14.0. The third kappa shape index (κ3) is 6.88. The molecule has 1 heterocycles. The van der Waals surface area contributed by atoms with Crippen LogP contribution in [0.5, 0.6) is 0 Å². The summed E-state index contributed by atoms with van der Waals surface area (Å²) in [4.78, 5) is 6.54. The predicted octanol–water partition coefficient (Wildman–Crippen LogP) is 3.63. The lowest BCUT2D eigenvalue weighted by atomic mass is 10.0. The van der Waals surface area contributed by atoms with Crippen LogP contribution < -0.4 is 10.6 Å². The second-order valence-electron chi connectivity index (χ2n) is 7.11. The zero-order valence-corrected chi connectivity index (χ0v) is 19.7. The van der Waals surface area contributed by atoms with Crippen molar-refractivity contribution in [2.45, 2.75) is 19.5 Å². The van der Waals surface area contributed by atoms with Crippen molar-refractivity contribution in [3.8, 4) is 0 Å². The summed E-state index contributed by atoms with van der Waals surface area (Å²) in [5.41, 5.74) is 2.38. The number of halogens is 3. The minimum atomic E-state index is -0.246. The molecule has 8 heteroatoms. The van der Waals surface area contributed by atoms with E-state index in [-0.39, 0.29) is 41.7 Å². The summed E-state index contributed by atoms with van der Waals surface area (Å²) in [5, 5.41) is 6.53. The summed E-state index contributed by atoms with van der Waals surface area (Å²) >= 11 is 0. The van der Waals surface area contributed by atoms with E-state index in [0.717, 1.165) is 24.2 Å². The van der Waals surface area contributed by atoms with Crippen molar-refractivity contribution in [3.63, 3.8) is 0 Å². The summed E-state index contributed by atoms with van der Waals surface area (Å²) in [6.45, 7) is 5.67. The number of nitrogens with zero attached hydrogens (tertiary/aromatic N) is 2. The van der Waals surface area contributed by atoms with Gasteiger partial charge in [-0.3, -0.25) is 9.89 Å². The van der Waals surface area contributed by atoms with Gasteiger partial charge in [0.1, 0.15) is 11.6 Å². The summed E-state index contributed by atoms with van der Waals surface area (Å²) in [6, 6.07) is 11.9. The number of aliphatic imine (C=N–C) groups is 1. The van der Waals surface area contributed by atoms with Gasteiger partial charge >= 0.3 is 0 Å². The Morgan fingerprint density at radius 3 is 2.57 bits per heavy atom. The van der Waals surface area contributed by atoms with Crippen LogP contribution in [0.3, 0.4) is 0 Å². The van der Waals surface area contributed by atoms with E-state index in [1.807, 2.05) is 12.1 Å². The quantitative estimate of drug-likeness (QED) is 0.341. The Morgan fingerprint density at radius 1 is 1.13 bits per heavy atom. The lowest BCUT2D eigenvalue weighted by molar-refractivity contribution is 0.0169. The number of benzene rings is 2. The molecule has 0 radical (unpaired) electrons. The molecule has 1 aliphatic heterocycles. The summed E-state index contributed by atoms with van der Waals surface area (Å²) in [7, 11) is 1.69. The third-order valence-electron chi connectivity index (χ3n) is 5.10. The van der Waals surface area contributed by atoms with Gasteiger partial charge in [-0.05, 0) is 41.8 Å². The number of morpholine rings is 1. The van der Waals surface area contributed by atoms with E-state index >= 15 is 0 Å². The van der Waals surface area contributed by atoms with Crippen LogP contribution in [0.2, 0.25) is 0 Å². The number of hydrogen-bond acceptors (Lipinski definition) is 3. The first kappa shape index (κ1) is 24.5. The molecule has 3 rings (SSSR count). The molecule has 0 bridgehead atoms. The smallest absolute Gasteiger partial charge is 0.191 e. The van der Waals surface area contributed by atoms with E-state index in [2.05, 4.69) is 20.5 Å². The number of rotatable bonds is 6. The van der Waals surface area contributed by atoms with Crippen molar-refractivity contribution >= 4 is 29.9 Å². The van der Waals surface area contributed by atoms with Crippen LogP contribution >= 0.6 is 24.0 Å². The lowest BCUT2D eigenvalue weighted by Gasteiger charge is -2.35. The minimum absolute atomic E-state index is 0. The van der Waals surface area contributed by atoms with Crippen molar-refractivity contribution in [2.75, 3.05) is 39.9 Å². The Labute approximate surface area is 193 Å². The maximum Gasteiger partial charge on any atom is 0.191 e. The molecule has 0 aromatic heterocycles. The van der Waals surface area contributed by atoms with Crippen LogP contribution in [0.25, 0.3) is 0 Å². The van der Waals surface area contributed by atoms with Crippen LogP contribution in [-0.4, -0.2) is 50.8 Å². The topological polar surface area (TPSA) is 48.9 Å². The maximum atomic E-state index is 13.8. The largest absolute Gasteiger partial charge is 0.379 e. The third-order valence-corrected chi connectivity index (χ3v) is 5.10. The summed E-state index contributed by atoms with van der Waals surface area (Å²) < 4.78 is 33.0. The Balaban J connectivity index is 0.00000320. The fourth-order valence-corrected chi connectivity index (χ4v) is 3.41. The molecule has 2 N–H and O–H groups in total. The van der Waals surface area contributed by atoms with Gasteiger partial charge in [0, 0.05) is 33.2 Å². The normalized spacial score (nSPS) is 15.9. The molecule has 0 saturated carbocycles. The lowest BCUT2D eigenvalue weighted by Crippen LogP contribution is -2.46. The van der Waals surface area contributed by atoms with Crippen molar-refractivity contribution in [1.82, 2.24) is 15.5 Å². The molecule has 1 saturated heterocycles. The Kier molecular flexibility index (Phi) is 9.93. The zero-order chi connectivity index (χ0) is 20.6. The van der Waals surface area contributed by atoms with Gasteiger partial charge in [-0.25, -0.2) is 8.78 Å². The van der Waals surface area contributed by atoms with E-state index < -0.39 is 0 Å². The second kappa shape index (κ2) is 12.2. The first-order valence-electron chi connectivity index (χ1n) is 9.83. The first-order valence-corrected chi connectivity index (χ1v) is 9.83. The van der Waals surface area contributed by atoms with Gasteiger partial charge in [0.25, 0.3) is 0 Å². The van der Waals surface area contributed by atoms with Crippen LogP contribution in [0.1, 0.15) is 22.7 Å². The zero-order valence-electron chi connectivity index (χ0n) is 17.3. The highest BCUT2D eigenvalue weighted by Crippen LogP contribution is 2.22. The predicted molar refractivity (Wildman–Crippen MR) is 126 cm³/mol. The van der Waals surface area contributed by atoms with Crippen LogP contribution in [0.15, 0.2) is 47.5 Å². The molecule has 164 valence electrons. The molecular weight excluding hydrogens is 501 g/mol. The van der Waals surface area contributed by atoms with Crippen LogP contribution in [0.4, 0.5) is 8.78 Å². The highest BCUT2D eigenvalue weighted by atomic mass is 127. The van der Waals surface area contributed by atoms with Gasteiger partial charge in [0.15, 0.2) is 5.96 Å². The SMILES string of the molecule is CN=C(NCc1ccc(C)c(F)c1)NCC(c1cccc(F)c1)N1CCOCC1.I. The average Bonchev–Trinajstić information content (AvgIpc) is 2.74. The standard InChI is InChI=1S/C22H28F2N4O.HI/c1-16-6-7-17(12-20(16)24)14-26-22(25-2)27-15-21(28-8-10-29-11-9-28)18-4-3-5-19(23)13-18;/h3-7,12-13,21H,8-11,14-15H2,1-2H3,(H2,25,26,27);1H. The number of aryl methyl sites for hydroxylation is 1. The fraction of sp³-hybridized carbons (Fsp3) is 0.409. The van der Waals surface area contributed by atoms with Gasteiger partial charge in [-0.1, -0.05) is 24.3 Å². The maximum absolute atomic E-state index is 13.8. The molecule has 1 aliphatic rings. The average molecular weight is 530 g/mol. The molecular formula is C22H29F2IN4O. The molecule has 30 heavy (non-hydrogen) atoms. The van der Waals surface area contributed by atoms with Crippen molar-refractivity contribution in [3.05, 3.63) is 70.8 Å². The summed E-state index contributed by atoms with van der Waals surface area (Å²) in [6.07, 6.45) is 0. The Hall–Kier alpha value is -1.78. The van der Waals surface area contributed by atoms with Gasteiger partial charge in [0.2, 0.25) is 0 Å². The monoisotopic (exact) mass is 530 g/mol. The van der Waals surface area contributed by atoms with E-state index in [0.29, 0.717) is 37.8 Å². The molecule has 2 aromatic carbocycles. The molecule has 5 nitrogen and oxygen atoms in total. The molecule has 1 atom stereocenters. The van der Waals surface area contributed by atoms with E-state index in [1.54, 1.807) is 32.2 Å². The molecule has 0 amide bonds.